The highest BCUT2D eigenvalue weighted by Gasteiger charge is 2.63. The molecular weight excluding hydrogens is 498 g/mol. The first-order chi connectivity index (χ1) is 16.8. The van der Waals surface area contributed by atoms with Gasteiger partial charge in [-0.3, -0.25) is 19.3 Å². The molecule has 0 aromatic heterocycles. The zero-order valence-electron chi connectivity index (χ0n) is 19.5. The lowest BCUT2D eigenvalue weighted by molar-refractivity contribution is -0.148. The van der Waals surface area contributed by atoms with Crippen LogP contribution in [-0.4, -0.2) is 81.7 Å². The topological polar surface area (TPSA) is 191 Å². The van der Waals surface area contributed by atoms with E-state index in [0.29, 0.717) is 4.42 Å². The Morgan fingerprint density at radius 2 is 1.83 bits per heavy atom. The molecule has 3 aliphatic carbocycles. The number of hydrogen-bond acceptors (Lipinski definition) is 10. The maximum absolute atomic E-state index is 13.6. The molecule has 13 heteroatoms. The zero-order chi connectivity index (χ0) is 26.9. The fourth-order valence-corrected chi connectivity index (χ4v) is 5.82. The van der Waals surface area contributed by atoms with E-state index in [2.05, 4.69) is 4.74 Å². The number of anilines is 1. The van der Waals surface area contributed by atoms with Gasteiger partial charge in [0.15, 0.2) is 11.4 Å². The number of likely N-dealkylation sites (N-methyl/N-ethyl adjacent to an activating group) is 1. The Morgan fingerprint density at radius 1 is 1.19 bits per heavy atom. The molecular formula is C23H24ClN3O9. The van der Waals surface area contributed by atoms with E-state index < -0.39 is 69.9 Å². The smallest absolute Gasteiger partial charge is 0.429 e. The van der Waals surface area contributed by atoms with Gasteiger partial charge >= 0.3 is 6.09 Å². The first-order valence-electron chi connectivity index (χ1n) is 10.8. The molecule has 2 amide bonds. The lowest BCUT2D eigenvalue weighted by Crippen LogP contribution is -2.63. The molecule has 4 rings (SSSR count). The first-order valence-corrected chi connectivity index (χ1v) is 11.2. The van der Waals surface area contributed by atoms with Gasteiger partial charge in [-0.15, -0.1) is 0 Å². The average Bonchev–Trinajstić information content (AvgIpc) is 2.80. The minimum absolute atomic E-state index is 0.0293. The highest BCUT2D eigenvalue weighted by atomic mass is 35.5. The zero-order valence-corrected chi connectivity index (χ0v) is 20.2. The molecule has 12 nitrogen and oxygen atoms in total. The Balaban J connectivity index is 1.95. The van der Waals surface area contributed by atoms with Crippen LogP contribution in [0.2, 0.25) is 0 Å². The van der Waals surface area contributed by atoms with Crippen molar-refractivity contribution in [1.29, 1.82) is 0 Å². The third-order valence-electron chi connectivity index (χ3n) is 7.13. The van der Waals surface area contributed by atoms with Gasteiger partial charge in [-0.05, 0) is 50.6 Å². The van der Waals surface area contributed by atoms with Crippen molar-refractivity contribution in [2.45, 2.75) is 24.5 Å². The molecule has 0 saturated heterocycles. The number of aliphatic hydroxyl groups excluding tert-OH is 2. The lowest BCUT2D eigenvalue weighted by atomic mass is 9.58. The second-order valence-corrected chi connectivity index (χ2v) is 9.51. The number of nitrogens with two attached hydrogens (primary N) is 1. The molecule has 0 fully saturated rings. The maximum atomic E-state index is 13.6. The number of primary amides is 1. The summed E-state index contributed by atoms with van der Waals surface area (Å²) in [4.78, 5) is 52.3. The predicted octanol–water partition coefficient (Wildman–Crippen LogP) is 0.847. The molecule has 1 aromatic rings. The van der Waals surface area contributed by atoms with Gasteiger partial charge in [0.2, 0.25) is 5.78 Å². The SMILES string of the molecule is COC(=O)N(Cl)c1ccc(O)c2c1CC1CC3C(N(C)C)C(O)=C(C(N)=O)C(=O)C3(O)C(O)=C1C2=O. The number of allylic oxidation sites excluding steroid dienone is 1. The molecule has 0 heterocycles. The summed E-state index contributed by atoms with van der Waals surface area (Å²) in [5.41, 5.74) is 1.34. The van der Waals surface area contributed by atoms with Gasteiger partial charge in [0.1, 0.15) is 22.8 Å². The number of fused-ring (bicyclic) bond motifs is 3. The largest absolute Gasteiger partial charge is 0.510 e. The summed E-state index contributed by atoms with van der Waals surface area (Å²) in [6.45, 7) is 0. The second kappa shape index (κ2) is 8.50. The summed E-state index contributed by atoms with van der Waals surface area (Å²) < 4.78 is 5.27. The number of nitrogens with zero attached hydrogens (tertiary/aromatic N) is 2. The van der Waals surface area contributed by atoms with Crippen LogP contribution in [0.1, 0.15) is 22.3 Å². The molecule has 0 spiro atoms. The molecule has 6 N–H and O–H groups in total. The molecule has 4 unspecified atom stereocenters. The minimum Gasteiger partial charge on any atom is -0.510 e. The van der Waals surface area contributed by atoms with Crippen molar-refractivity contribution in [3.8, 4) is 5.75 Å². The van der Waals surface area contributed by atoms with Crippen LogP contribution in [0.25, 0.3) is 0 Å². The number of halogens is 1. The van der Waals surface area contributed by atoms with Crippen LogP contribution in [-0.2, 0) is 20.7 Å². The second-order valence-electron chi connectivity index (χ2n) is 9.17. The predicted molar refractivity (Wildman–Crippen MR) is 124 cm³/mol. The fraction of sp³-hybridized carbons (Fsp3) is 0.391. The molecule has 36 heavy (non-hydrogen) atoms. The Morgan fingerprint density at radius 3 is 2.39 bits per heavy atom. The van der Waals surface area contributed by atoms with Gasteiger partial charge < -0.3 is 30.9 Å². The van der Waals surface area contributed by atoms with E-state index in [1.807, 2.05) is 0 Å². The van der Waals surface area contributed by atoms with Crippen molar-refractivity contribution in [3.63, 3.8) is 0 Å². The van der Waals surface area contributed by atoms with Crippen LogP contribution >= 0.6 is 11.8 Å². The number of hydrogen-bond donors (Lipinski definition) is 5. The number of rotatable bonds is 3. The average molecular weight is 522 g/mol. The van der Waals surface area contributed by atoms with E-state index in [4.69, 9.17) is 17.5 Å². The van der Waals surface area contributed by atoms with Crippen LogP contribution in [0.3, 0.4) is 0 Å². The number of phenols is 1. The summed E-state index contributed by atoms with van der Waals surface area (Å²) >= 11 is 6.11. The molecule has 0 saturated carbocycles. The van der Waals surface area contributed by atoms with E-state index >= 15 is 0 Å². The van der Waals surface area contributed by atoms with Gasteiger partial charge in [-0.25, -0.2) is 4.79 Å². The highest BCUT2D eigenvalue weighted by Crippen LogP contribution is 2.53. The van der Waals surface area contributed by atoms with Gasteiger partial charge in [0, 0.05) is 23.3 Å². The summed E-state index contributed by atoms with van der Waals surface area (Å²) in [5, 5.41) is 44.0. The summed E-state index contributed by atoms with van der Waals surface area (Å²) in [6.07, 6.45) is -1.07. The number of ether oxygens (including phenoxy) is 1. The van der Waals surface area contributed by atoms with Crippen molar-refractivity contribution in [2.24, 2.45) is 17.6 Å². The van der Waals surface area contributed by atoms with Gasteiger partial charge in [0.25, 0.3) is 5.91 Å². The lowest BCUT2D eigenvalue weighted by Gasteiger charge is -2.50. The molecule has 0 bridgehead atoms. The van der Waals surface area contributed by atoms with Crippen molar-refractivity contribution in [1.82, 2.24) is 4.90 Å². The number of ketones is 2. The highest BCUT2D eigenvalue weighted by molar-refractivity contribution is 6.36. The summed E-state index contributed by atoms with van der Waals surface area (Å²) in [7, 11) is 4.18. The van der Waals surface area contributed by atoms with Gasteiger partial charge in [0.05, 0.1) is 24.4 Å². The van der Waals surface area contributed by atoms with Crippen molar-refractivity contribution in [3.05, 3.63) is 45.9 Å². The van der Waals surface area contributed by atoms with Gasteiger partial charge in [-0.1, -0.05) is 0 Å². The Kier molecular flexibility index (Phi) is 6.02. The van der Waals surface area contributed by atoms with E-state index in [-0.39, 0.29) is 35.2 Å². The number of Topliss-reactive ketones (excluding diaryl/α,β-unsaturated/α-hetero) is 2. The van der Waals surface area contributed by atoms with E-state index in [0.717, 1.165) is 13.2 Å². The molecule has 4 atom stereocenters. The molecule has 0 aliphatic heterocycles. The molecule has 1 aromatic carbocycles. The molecule has 192 valence electrons. The fourth-order valence-electron chi connectivity index (χ4n) is 5.60. The first kappa shape index (κ1) is 25.5. The van der Waals surface area contributed by atoms with Crippen molar-refractivity contribution < 1.29 is 44.3 Å². The number of carbonyl (C=O) groups is 4. The van der Waals surface area contributed by atoms with Crippen LogP contribution in [0.4, 0.5) is 10.5 Å². The van der Waals surface area contributed by atoms with Crippen LogP contribution in [0.5, 0.6) is 5.75 Å². The number of amides is 2. The van der Waals surface area contributed by atoms with E-state index in [1.165, 1.54) is 25.1 Å². The monoisotopic (exact) mass is 521 g/mol. The Labute approximate surface area is 209 Å². The van der Waals surface area contributed by atoms with Crippen LogP contribution in [0, 0.1) is 11.8 Å². The normalized spacial score (nSPS) is 27.4. The maximum Gasteiger partial charge on any atom is 0.429 e. The number of aromatic hydroxyl groups is 1. The number of methoxy groups -OCH3 is 1. The third-order valence-corrected chi connectivity index (χ3v) is 7.45. The minimum atomic E-state index is -2.73. The standard InChI is InChI=1S/C23H24ClN3O9/c1-26(2)16-10-7-8-6-9-11(27(24)22(34)36-3)4-5-12(28)14(9)17(29)13(8)19(31)23(10,35)20(32)15(18(16)30)21(25)33/h4-5,8,10,16,28,30-31,35H,6-7H2,1-3H3,(H2,25,33). The summed E-state index contributed by atoms with van der Waals surface area (Å²) in [6, 6.07) is 1.33. The van der Waals surface area contributed by atoms with Crippen molar-refractivity contribution >= 4 is 41.0 Å². The quantitative estimate of drug-likeness (QED) is 0.281. The Hall–Kier alpha value is -3.61. The van der Waals surface area contributed by atoms with E-state index in [1.54, 1.807) is 0 Å². The van der Waals surface area contributed by atoms with Crippen molar-refractivity contribution in [2.75, 3.05) is 25.6 Å². The number of aliphatic hydroxyl groups is 3. The van der Waals surface area contributed by atoms with Crippen LogP contribution < -0.4 is 10.2 Å². The number of benzene rings is 1. The third kappa shape index (κ3) is 3.29. The number of phenolic OH excluding ortho intramolecular Hbond substituents is 1. The Bertz CT molecular complexity index is 1290. The molecule has 0 radical (unpaired) electrons. The van der Waals surface area contributed by atoms with E-state index in [9.17, 15) is 39.6 Å². The molecule has 3 aliphatic rings. The van der Waals surface area contributed by atoms with Gasteiger partial charge in [-0.2, -0.15) is 4.42 Å². The number of carbonyl (C=O) groups excluding carboxylic acids is 4. The summed E-state index contributed by atoms with van der Waals surface area (Å²) in [5.74, 6) is -7.62. The van der Waals surface area contributed by atoms with Crippen LogP contribution in [0.15, 0.2) is 34.8 Å².